The van der Waals surface area contributed by atoms with Crippen molar-refractivity contribution in [2.45, 2.75) is 19.3 Å². The van der Waals surface area contributed by atoms with E-state index in [1.807, 2.05) is 0 Å². The molecule has 62 valence electrons. The van der Waals surface area contributed by atoms with E-state index in [1.54, 1.807) is 0 Å². The minimum atomic E-state index is 0. The van der Waals surface area contributed by atoms with Crippen LogP contribution in [-0.4, -0.2) is 5.33 Å². The Bertz CT molecular complexity index is 191. The van der Waals surface area contributed by atoms with E-state index >= 15 is 0 Å². The van der Waals surface area contributed by atoms with Crippen LogP contribution < -0.4 is 18.9 Å². The van der Waals surface area contributed by atoms with Gasteiger partial charge in [0.2, 0.25) is 0 Å². The Balaban J connectivity index is 0. The molecule has 0 spiro atoms. The fraction of sp³-hybridized carbons (Fsp3) is 0.400. The van der Waals surface area contributed by atoms with Crippen molar-refractivity contribution < 1.29 is 20.3 Å². The Kier molecular flexibility index (Phi) is 8.12. The van der Waals surface area contributed by atoms with Crippen LogP contribution in [0.1, 0.15) is 19.8 Å². The molecule has 12 heavy (non-hydrogen) atoms. The number of alkyl halides is 1. The van der Waals surface area contributed by atoms with Crippen molar-refractivity contribution in [3.8, 4) is 0 Å². The van der Waals surface area contributed by atoms with Gasteiger partial charge in [-0.15, -0.1) is 0 Å². The van der Waals surface area contributed by atoms with Gasteiger partial charge in [-0.2, -0.15) is 0 Å². The number of aryl methyl sites for hydroxylation is 1. The van der Waals surface area contributed by atoms with E-state index in [9.17, 15) is 0 Å². The van der Waals surface area contributed by atoms with Crippen molar-refractivity contribution in [1.82, 2.24) is 0 Å². The fourth-order valence-electron chi connectivity index (χ4n) is 1.07. The Hall–Kier alpha value is 0.297. The normalized spacial score (nSPS) is 9.08. The molecule has 0 unspecified atom stereocenters. The van der Waals surface area contributed by atoms with Gasteiger partial charge in [0.15, 0.2) is 0 Å². The minimum Gasteiger partial charge on any atom is -1.00 e. The molecule has 0 saturated heterocycles. The first-order valence-corrected chi connectivity index (χ1v) is 5.15. The van der Waals surface area contributed by atoms with Crippen molar-refractivity contribution in [3.63, 3.8) is 0 Å². The Morgan fingerprint density at radius 3 is 2.33 bits per heavy atom. The summed E-state index contributed by atoms with van der Waals surface area (Å²) in [5.41, 5.74) is 1.45. The summed E-state index contributed by atoms with van der Waals surface area (Å²) in [5, 5.41) is 1.12. The van der Waals surface area contributed by atoms with Crippen molar-refractivity contribution in [3.05, 3.63) is 35.9 Å². The summed E-state index contributed by atoms with van der Waals surface area (Å²) in [6, 6.07) is 10.6. The van der Waals surface area contributed by atoms with Crippen LogP contribution in [0, 0.1) is 0 Å². The Labute approximate surface area is 96.5 Å². The predicted molar refractivity (Wildman–Crippen MR) is 54.3 cm³/mol. The summed E-state index contributed by atoms with van der Waals surface area (Å²) in [7, 11) is 0. The topological polar surface area (TPSA) is 0 Å². The summed E-state index contributed by atoms with van der Waals surface area (Å²) in [6.07, 6.45) is 3.77. The van der Waals surface area contributed by atoms with Gasteiger partial charge in [0, 0.05) is 5.33 Å². The van der Waals surface area contributed by atoms with E-state index in [0.717, 1.165) is 5.33 Å². The molecule has 2 heteroatoms. The largest absolute Gasteiger partial charge is 1.00 e. The van der Waals surface area contributed by atoms with Crippen LogP contribution in [0.4, 0.5) is 0 Å². The van der Waals surface area contributed by atoms with Crippen molar-refractivity contribution in [2.75, 3.05) is 5.33 Å². The molecular weight excluding hydrogens is 207 g/mol. The molecule has 0 amide bonds. The van der Waals surface area contributed by atoms with E-state index in [0.29, 0.717) is 0 Å². The zero-order valence-electron chi connectivity index (χ0n) is 8.59. The van der Waals surface area contributed by atoms with Crippen LogP contribution in [-0.2, 0) is 6.42 Å². The maximum atomic E-state index is 3.42. The molecule has 0 atom stereocenters. The van der Waals surface area contributed by atoms with Gasteiger partial charge in [-0.05, 0) is 24.8 Å². The SMILES string of the molecule is BrCCCCc1ccccc1.[H-].[Li+]. The number of halogens is 1. The Morgan fingerprint density at radius 1 is 1.08 bits per heavy atom. The van der Waals surface area contributed by atoms with E-state index in [4.69, 9.17) is 0 Å². The second kappa shape index (κ2) is 7.92. The molecule has 1 aromatic rings. The smallest absolute Gasteiger partial charge is 1.00 e. The summed E-state index contributed by atoms with van der Waals surface area (Å²) in [4.78, 5) is 0. The molecule has 0 aliphatic rings. The number of hydrogen-bond donors (Lipinski definition) is 0. The van der Waals surface area contributed by atoms with E-state index in [2.05, 4.69) is 46.3 Å². The zero-order valence-corrected chi connectivity index (χ0v) is 9.18. The molecule has 1 aromatic carbocycles. The van der Waals surface area contributed by atoms with Gasteiger partial charge >= 0.3 is 18.9 Å². The average molecular weight is 221 g/mol. The van der Waals surface area contributed by atoms with E-state index < -0.39 is 0 Å². The Morgan fingerprint density at radius 2 is 1.75 bits per heavy atom. The maximum Gasteiger partial charge on any atom is 1.00 e. The quantitative estimate of drug-likeness (QED) is 0.395. The molecule has 0 radical (unpaired) electrons. The van der Waals surface area contributed by atoms with Crippen molar-refractivity contribution in [1.29, 1.82) is 0 Å². The molecule has 0 heterocycles. The summed E-state index contributed by atoms with van der Waals surface area (Å²) >= 11 is 3.42. The van der Waals surface area contributed by atoms with Gasteiger partial charge in [0.1, 0.15) is 0 Å². The van der Waals surface area contributed by atoms with Crippen molar-refractivity contribution >= 4 is 15.9 Å². The number of unbranched alkanes of at least 4 members (excludes halogenated alkanes) is 1. The van der Waals surface area contributed by atoms with Gasteiger partial charge in [0.05, 0.1) is 0 Å². The predicted octanol–water partition coefficient (Wildman–Crippen LogP) is 0.521. The second-order valence-corrected chi connectivity index (χ2v) is 3.42. The maximum absolute atomic E-state index is 3.42. The van der Waals surface area contributed by atoms with Gasteiger partial charge in [-0.1, -0.05) is 46.3 Å². The summed E-state index contributed by atoms with van der Waals surface area (Å²) in [5.74, 6) is 0. The fourth-order valence-corrected chi connectivity index (χ4v) is 1.46. The molecule has 0 saturated carbocycles. The zero-order chi connectivity index (χ0) is 7.94. The molecule has 0 nitrogen and oxygen atoms in total. The molecule has 0 bridgehead atoms. The average Bonchev–Trinajstić information content (AvgIpc) is 2.07. The van der Waals surface area contributed by atoms with Crippen LogP contribution in [0.2, 0.25) is 0 Å². The second-order valence-electron chi connectivity index (χ2n) is 2.63. The number of hydrogen-bond acceptors (Lipinski definition) is 0. The minimum absolute atomic E-state index is 0. The first kappa shape index (κ1) is 12.3. The molecule has 0 aliphatic carbocycles. The van der Waals surface area contributed by atoms with E-state index in [1.165, 1.54) is 24.8 Å². The first-order valence-electron chi connectivity index (χ1n) is 4.03. The molecule has 0 fully saturated rings. The first-order chi connectivity index (χ1) is 5.43. The van der Waals surface area contributed by atoms with Crippen LogP contribution in [0.25, 0.3) is 0 Å². The van der Waals surface area contributed by atoms with Gasteiger partial charge in [0.25, 0.3) is 0 Å². The molecule has 1 rings (SSSR count). The molecule has 0 aromatic heterocycles. The molecule has 0 aliphatic heterocycles. The van der Waals surface area contributed by atoms with Crippen LogP contribution in [0.3, 0.4) is 0 Å². The van der Waals surface area contributed by atoms with Gasteiger partial charge in [-0.3, -0.25) is 0 Å². The van der Waals surface area contributed by atoms with Crippen LogP contribution in [0.5, 0.6) is 0 Å². The third-order valence-electron chi connectivity index (χ3n) is 1.69. The standard InChI is InChI=1S/C10H13Br.Li.H/c11-9-5-4-8-10-6-2-1-3-7-10;;/h1-3,6-7H,4-5,8-9H2;;/q;+1;-1. The van der Waals surface area contributed by atoms with Gasteiger partial charge in [-0.25, -0.2) is 0 Å². The third-order valence-corrected chi connectivity index (χ3v) is 2.25. The van der Waals surface area contributed by atoms with Gasteiger partial charge < -0.3 is 1.43 Å². The third kappa shape index (κ3) is 5.03. The summed E-state index contributed by atoms with van der Waals surface area (Å²) < 4.78 is 0. The molecular formula is C10H14BrLi. The van der Waals surface area contributed by atoms with E-state index in [-0.39, 0.29) is 20.3 Å². The molecule has 0 N–H and O–H groups in total. The van der Waals surface area contributed by atoms with Crippen molar-refractivity contribution in [2.24, 2.45) is 0 Å². The monoisotopic (exact) mass is 220 g/mol. The summed E-state index contributed by atoms with van der Waals surface area (Å²) in [6.45, 7) is 0. The number of rotatable bonds is 4. The van der Waals surface area contributed by atoms with Crippen LogP contribution >= 0.6 is 15.9 Å². The van der Waals surface area contributed by atoms with Crippen LogP contribution in [0.15, 0.2) is 30.3 Å². The number of benzene rings is 1.